The van der Waals surface area contributed by atoms with Crippen molar-refractivity contribution in [2.75, 3.05) is 45.3 Å². The number of para-hydroxylation sites is 2. The van der Waals surface area contributed by atoms with Gasteiger partial charge in [-0.2, -0.15) is 0 Å². The zero-order valence-electron chi connectivity index (χ0n) is 15.4. The first-order chi connectivity index (χ1) is 13.2. The fourth-order valence-electron chi connectivity index (χ4n) is 3.32. The molecule has 7 heteroatoms. The molecule has 0 spiro atoms. The minimum absolute atomic E-state index is 0.0172. The normalized spacial score (nSPS) is 14.4. The summed E-state index contributed by atoms with van der Waals surface area (Å²) in [4.78, 5) is 24.9. The highest BCUT2D eigenvalue weighted by atomic mass is 16.5. The number of carbonyl (C=O) groups excluding carboxylic acids is 1. The number of nitrogens with one attached hydrogen (secondary N) is 1. The van der Waals surface area contributed by atoms with E-state index in [1.807, 2.05) is 29.2 Å². The molecule has 0 aliphatic carbocycles. The number of carbonyl (C=O) groups is 1. The van der Waals surface area contributed by atoms with Gasteiger partial charge in [-0.3, -0.25) is 4.79 Å². The molecule has 1 aliphatic rings. The van der Waals surface area contributed by atoms with Crippen molar-refractivity contribution in [2.24, 2.45) is 0 Å². The van der Waals surface area contributed by atoms with Crippen molar-refractivity contribution in [3.8, 4) is 11.5 Å². The summed E-state index contributed by atoms with van der Waals surface area (Å²) >= 11 is 0. The number of imidazole rings is 1. The van der Waals surface area contributed by atoms with Crippen LogP contribution in [0.2, 0.25) is 0 Å². The molecule has 0 bridgehead atoms. The van der Waals surface area contributed by atoms with E-state index in [1.54, 1.807) is 32.4 Å². The maximum atomic E-state index is 12.9. The second kappa shape index (κ2) is 7.19. The molecule has 0 unspecified atom stereocenters. The van der Waals surface area contributed by atoms with Gasteiger partial charge in [0.05, 0.1) is 25.3 Å². The zero-order chi connectivity index (χ0) is 18.8. The second-order valence-electron chi connectivity index (χ2n) is 6.46. The lowest BCUT2D eigenvalue weighted by Gasteiger charge is -2.34. The predicted molar refractivity (Wildman–Crippen MR) is 104 cm³/mol. The SMILES string of the molecule is COc1cc(OC)cc(C(=O)N2CCN(c3nc4ccccc4[nH]3)CC2)c1. The fraction of sp³-hybridized carbons (Fsp3) is 0.300. The Morgan fingerprint density at radius 2 is 1.67 bits per heavy atom. The zero-order valence-corrected chi connectivity index (χ0v) is 15.4. The minimum atomic E-state index is -0.0172. The summed E-state index contributed by atoms with van der Waals surface area (Å²) in [6.07, 6.45) is 0. The van der Waals surface area contributed by atoms with Crippen molar-refractivity contribution in [3.05, 3.63) is 48.0 Å². The predicted octanol–water partition coefficient (Wildman–Crippen LogP) is 2.54. The Balaban J connectivity index is 1.46. The van der Waals surface area contributed by atoms with Gasteiger partial charge in [0.1, 0.15) is 11.5 Å². The Kier molecular flexibility index (Phi) is 4.58. The summed E-state index contributed by atoms with van der Waals surface area (Å²) in [6.45, 7) is 2.73. The van der Waals surface area contributed by atoms with Gasteiger partial charge in [-0.25, -0.2) is 4.98 Å². The van der Waals surface area contributed by atoms with Crippen LogP contribution in [0.4, 0.5) is 5.95 Å². The lowest BCUT2D eigenvalue weighted by molar-refractivity contribution is 0.0745. The number of nitrogens with zero attached hydrogens (tertiary/aromatic N) is 3. The van der Waals surface area contributed by atoms with Crippen LogP contribution in [0.25, 0.3) is 11.0 Å². The molecule has 1 amide bonds. The summed E-state index contributed by atoms with van der Waals surface area (Å²) in [5.41, 5.74) is 2.55. The van der Waals surface area contributed by atoms with Crippen LogP contribution in [-0.2, 0) is 0 Å². The number of fused-ring (bicyclic) bond motifs is 1. The number of aromatic amines is 1. The highest BCUT2D eigenvalue weighted by Crippen LogP contribution is 2.24. The van der Waals surface area contributed by atoms with Gasteiger partial charge in [0.2, 0.25) is 5.95 Å². The van der Waals surface area contributed by atoms with Crippen LogP contribution in [0.15, 0.2) is 42.5 Å². The largest absolute Gasteiger partial charge is 0.497 e. The van der Waals surface area contributed by atoms with Gasteiger partial charge in [-0.15, -0.1) is 0 Å². The number of anilines is 1. The van der Waals surface area contributed by atoms with Crippen molar-refractivity contribution >= 4 is 22.9 Å². The van der Waals surface area contributed by atoms with Crippen LogP contribution in [0.5, 0.6) is 11.5 Å². The Morgan fingerprint density at radius 3 is 2.30 bits per heavy atom. The molecule has 1 aliphatic heterocycles. The molecule has 1 fully saturated rings. The first-order valence-corrected chi connectivity index (χ1v) is 8.90. The van der Waals surface area contributed by atoms with E-state index in [9.17, 15) is 4.79 Å². The standard InChI is InChI=1S/C20H22N4O3/c1-26-15-11-14(12-16(13-15)27-2)19(25)23-7-9-24(10-8-23)20-21-17-5-3-4-6-18(17)22-20/h3-6,11-13H,7-10H2,1-2H3,(H,21,22). The molecule has 2 heterocycles. The Morgan fingerprint density at radius 1 is 1.00 bits per heavy atom. The summed E-state index contributed by atoms with van der Waals surface area (Å²) in [7, 11) is 3.16. The molecular weight excluding hydrogens is 344 g/mol. The number of H-pyrrole nitrogens is 1. The van der Waals surface area contributed by atoms with Crippen molar-refractivity contribution in [3.63, 3.8) is 0 Å². The molecule has 3 aromatic rings. The third-order valence-corrected chi connectivity index (χ3v) is 4.84. The number of amides is 1. The van der Waals surface area contributed by atoms with Crippen LogP contribution >= 0.6 is 0 Å². The van der Waals surface area contributed by atoms with Crippen molar-refractivity contribution < 1.29 is 14.3 Å². The fourth-order valence-corrected chi connectivity index (χ4v) is 3.32. The number of piperazine rings is 1. The van der Waals surface area contributed by atoms with E-state index in [1.165, 1.54) is 0 Å². The minimum Gasteiger partial charge on any atom is -0.497 e. The van der Waals surface area contributed by atoms with Gasteiger partial charge >= 0.3 is 0 Å². The molecule has 27 heavy (non-hydrogen) atoms. The van der Waals surface area contributed by atoms with E-state index in [0.29, 0.717) is 30.2 Å². The van der Waals surface area contributed by atoms with Gasteiger partial charge in [0, 0.05) is 37.8 Å². The first kappa shape index (κ1) is 17.2. The van der Waals surface area contributed by atoms with Gasteiger partial charge in [0.15, 0.2) is 0 Å². The van der Waals surface area contributed by atoms with E-state index < -0.39 is 0 Å². The number of hydrogen-bond acceptors (Lipinski definition) is 5. The molecular formula is C20H22N4O3. The topological polar surface area (TPSA) is 70.7 Å². The lowest BCUT2D eigenvalue weighted by atomic mass is 10.1. The number of methoxy groups -OCH3 is 2. The highest BCUT2D eigenvalue weighted by molar-refractivity contribution is 5.95. The van der Waals surface area contributed by atoms with E-state index in [4.69, 9.17) is 9.47 Å². The Labute approximate surface area is 157 Å². The average molecular weight is 366 g/mol. The number of ether oxygens (including phenoxy) is 2. The second-order valence-corrected chi connectivity index (χ2v) is 6.46. The van der Waals surface area contributed by atoms with Crippen LogP contribution in [-0.4, -0.2) is 61.2 Å². The van der Waals surface area contributed by atoms with Crippen molar-refractivity contribution in [1.29, 1.82) is 0 Å². The number of aromatic nitrogens is 2. The molecule has 140 valence electrons. The summed E-state index contributed by atoms with van der Waals surface area (Å²) in [5.74, 6) is 2.06. The van der Waals surface area contributed by atoms with Gasteiger partial charge in [-0.05, 0) is 24.3 Å². The molecule has 1 aromatic heterocycles. The quantitative estimate of drug-likeness (QED) is 0.768. The van der Waals surface area contributed by atoms with Crippen LogP contribution in [0.3, 0.4) is 0 Å². The summed E-state index contributed by atoms with van der Waals surface area (Å²) in [5, 5.41) is 0. The average Bonchev–Trinajstić information content (AvgIpc) is 3.17. The molecule has 0 saturated carbocycles. The van der Waals surface area contributed by atoms with Gasteiger partial charge < -0.3 is 24.3 Å². The van der Waals surface area contributed by atoms with E-state index in [-0.39, 0.29) is 5.91 Å². The molecule has 0 radical (unpaired) electrons. The van der Waals surface area contributed by atoms with Crippen molar-refractivity contribution in [1.82, 2.24) is 14.9 Å². The van der Waals surface area contributed by atoms with Crippen LogP contribution in [0, 0.1) is 0 Å². The van der Waals surface area contributed by atoms with E-state index in [0.717, 1.165) is 30.1 Å². The molecule has 1 saturated heterocycles. The molecule has 4 rings (SSSR count). The van der Waals surface area contributed by atoms with Crippen molar-refractivity contribution in [2.45, 2.75) is 0 Å². The highest BCUT2D eigenvalue weighted by Gasteiger charge is 2.24. The number of hydrogen-bond donors (Lipinski definition) is 1. The smallest absolute Gasteiger partial charge is 0.254 e. The number of benzene rings is 2. The lowest BCUT2D eigenvalue weighted by Crippen LogP contribution is -2.49. The third kappa shape index (κ3) is 3.40. The maximum absolute atomic E-state index is 12.9. The van der Waals surface area contributed by atoms with Gasteiger partial charge in [0.25, 0.3) is 5.91 Å². The molecule has 7 nitrogen and oxygen atoms in total. The first-order valence-electron chi connectivity index (χ1n) is 8.90. The Bertz CT molecular complexity index is 906. The number of rotatable bonds is 4. The summed E-state index contributed by atoms with van der Waals surface area (Å²) < 4.78 is 10.5. The molecule has 1 N–H and O–H groups in total. The van der Waals surface area contributed by atoms with Gasteiger partial charge in [-0.1, -0.05) is 12.1 Å². The summed E-state index contributed by atoms with van der Waals surface area (Å²) in [6, 6.07) is 13.2. The van der Waals surface area contributed by atoms with Crippen LogP contribution in [0.1, 0.15) is 10.4 Å². The molecule has 0 atom stereocenters. The monoisotopic (exact) mass is 366 g/mol. The third-order valence-electron chi connectivity index (χ3n) is 4.84. The maximum Gasteiger partial charge on any atom is 0.254 e. The van der Waals surface area contributed by atoms with Crippen LogP contribution < -0.4 is 14.4 Å². The van der Waals surface area contributed by atoms with E-state index >= 15 is 0 Å². The van der Waals surface area contributed by atoms with E-state index in [2.05, 4.69) is 14.9 Å². The Hall–Kier alpha value is -3.22. The molecule has 2 aromatic carbocycles.